The lowest BCUT2D eigenvalue weighted by molar-refractivity contribution is -0.384. The molecule has 0 amide bonds. The molecule has 0 radical (unpaired) electrons. The van der Waals surface area contributed by atoms with E-state index in [1.54, 1.807) is 16.8 Å². The third-order valence-corrected chi connectivity index (χ3v) is 2.85. The second-order valence-electron chi connectivity index (χ2n) is 4.32. The molecule has 0 aliphatic carbocycles. The summed E-state index contributed by atoms with van der Waals surface area (Å²) in [6, 6.07) is 6.14. The lowest BCUT2D eigenvalue weighted by Crippen LogP contribution is -2.04. The third kappa shape index (κ3) is 3.85. The van der Waals surface area contributed by atoms with E-state index >= 15 is 0 Å². The normalized spacial score (nSPS) is 10.3. The molecule has 1 heterocycles. The first kappa shape index (κ1) is 14.6. The van der Waals surface area contributed by atoms with Crippen molar-refractivity contribution in [3.8, 4) is 11.4 Å². The number of nitrogens with zero attached hydrogens (tertiary/aromatic N) is 4. The molecule has 8 heteroatoms. The van der Waals surface area contributed by atoms with E-state index in [0.717, 1.165) is 0 Å². The van der Waals surface area contributed by atoms with Crippen LogP contribution in [0.3, 0.4) is 0 Å². The fourth-order valence-electron chi connectivity index (χ4n) is 1.78. The molecule has 0 unspecified atom stereocenters. The number of aryl methyl sites for hydroxylation is 1. The first-order chi connectivity index (χ1) is 10.1. The molecule has 8 nitrogen and oxygen atoms in total. The predicted octanol–water partition coefficient (Wildman–Crippen LogP) is 1.81. The van der Waals surface area contributed by atoms with Gasteiger partial charge >= 0.3 is 5.97 Å². The largest absolute Gasteiger partial charge is 0.469 e. The van der Waals surface area contributed by atoms with Gasteiger partial charge in [-0.25, -0.2) is 4.98 Å². The molecule has 0 fully saturated rings. The minimum Gasteiger partial charge on any atom is -0.469 e. The average Bonchev–Trinajstić information content (AvgIpc) is 2.96. The standard InChI is InChI=1S/C13H14N4O4/c1-21-12(18)6-3-7-16-9-14-13(15-16)10-4-2-5-11(8-10)17(19)20/h2,4-5,8-9H,3,6-7H2,1H3. The number of hydrogen-bond acceptors (Lipinski definition) is 6. The van der Waals surface area contributed by atoms with Crippen LogP contribution in [-0.2, 0) is 16.1 Å². The molecule has 110 valence electrons. The van der Waals surface area contributed by atoms with Crippen LogP contribution in [0.1, 0.15) is 12.8 Å². The quantitative estimate of drug-likeness (QED) is 0.457. The zero-order valence-electron chi connectivity index (χ0n) is 11.4. The molecular weight excluding hydrogens is 276 g/mol. The third-order valence-electron chi connectivity index (χ3n) is 2.85. The van der Waals surface area contributed by atoms with E-state index in [1.165, 1.54) is 25.6 Å². The maximum absolute atomic E-state index is 11.0. The van der Waals surface area contributed by atoms with E-state index in [4.69, 9.17) is 0 Å². The SMILES string of the molecule is COC(=O)CCCn1cnc(-c2cccc([N+](=O)[O-])c2)n1. The molecule has 0 aliphatic heterocycles. The Hall–Kier alpha value is -2.77. The summed E-state index contributed by atoms with van der Waals surface area (Å²) in [5.74, 6) is 0.144. The second-order valence-corrected chi connectivity index (χ2v) is 4.32. The van der Waals surface area contributed by atoms with Gasteiger partial charge in [0.05, 0.1) is 12.0 Å². The Labute approximate surface area is 120 Å². The predicted molar refractivity (Wildman–Crippen MR) is 73.4 cm³/mol. The van der Waals surface area contributed by atoms with Crippen LogP contribution < -0.4 is 0 Å². The fourth-order valence-corrected chi connectivity index (χ4v) is 1.78. The zero-order chi connectivity index (χ0) is 15.2. The van der Waals surface area contributed by atoms with Gasteiger partial charge in [-0.2, -0.15) is 5.10 Å². The van der Waals surface area contributed by atoms with E-state index in [9.17, 15) is 14.9 Å². The van der Waals surface area contributed by atoms with Crippen LogP contribution in [0.25, 0.3) is 11.4 Å². The van der Waals surface area contributed by atoms with Gasteiger partial charge in [-0.15, -0.1) is 0 Å². The molecule has 2 aromatic rings. The lowest BCUT2D eigenvalue weighted by atomic mass is 10.2. The number of non-ortho nitro benzene ring substituents is 1. The second kappa shape index (κ2) is 6.60. The topological polar surface area (TPSA) is 100 Å². The van der Waals surface area contributed by atoms with Gasteiger partial charge in [-0.1, -0.05) is 12.1 Å². The van der Waals surface area contributed by atoms with Gasteiger partial charge in [-0.3, -0.25) is 19.6 Å². The van der Waals surface area contributed by atoms with Crippen LogP contribution >= 0.6 is 0 Å². The number of methoxy groups -OCH3 is 1. The molecule has 0 spiro atoms. The summed E-state index contributed by atoms with van der Waals surface area (Å²) in [5, 5.41) is 15.0. The maximum atomic E-state index is 11.0. The van der Waals surface area contributed by atoms with Crippen molar-refractivity contribution >= 4 is 11.7 Å². The van der Waals surface area contributed by atoms with E-state index in [0.29, 0.717) is 30.8 Å². The van der Waals surface area contributed by atoms with Crippen molar-refractivity contribution in [2.24, 2.45) is 0 Å². The summed E-state index contributed by atoms with van der Waals surface area (Å²) >= 11 is 0. The first-order valence-electron chi connectivity index (χ1n) is 6.31. The maximum Gasteiger partial charge on any atom is 0.305 e. The molecule has 2 rings (SSSR count). The Kier molecular flexibility index (Phi) is 4.60. The summed E-state index contributed by atoms with van der Waals surface area (Å²) < 4.78 is 6.14. The van der Waals surface area contributed by atoms with Crippen molar-refractivity contribution in [2.75, 3.05) is 7.11 Å². The highest BCUT2D eigenvalue weighted by atomic mass is 16.6. The molecule has 0 atom stereocenters. The lowest BCUT2D eigenvalue weighted by Gasteiger charge is -2.00. The van der Waals surface area contributed by atoms with Crippen LogP contribution in [0.2, 0.25) is 0 Å². The van der Waals surface area contributed by atoms with Crippen LogP contribution in [0, 0.1) is 10.1 Å². The summed E-state index contributed by atoms with van der Waals surface area (Å²) in [4.78, 5) is 25.4. The van der Waals surface area contributed by atoms with Crippen LogP contribution in [0.15, 0.2) is 30.6 Å². The number of nitro benzene ring substituents is 1. The number of aromatic nitrogens is 3. The Morgan fingerprint density at radius 2 is 2.29 bits per heavy atom. The minimum atomic E-state index is -0.461. The molecule has 0 saturated carbocycles. The molecular formula is C13H14N4O4. The van der Waals surface area contributed by atoms with Crippen molar-refractivity contribution < 1.29 is 14.5 Å². The van der Waals surface area contributed by atoms with Crippen LogP contribution in [0.4, 0.5) is 5.69 Å². The molecule has 0 N–H and O–H groups in total. The highest BCUT2D eigenvalue weighted by Crippen LogP contribution is 2.20. The van der Waals surface area contributed by atoms with Gasteiger partial charge < -0.3 is 4.74 Å². The average molecular weight is 290 g/mol. The number of carbonyl (C=O) groups is 1. The Morgan fingerprint density at radius 3 is 3.00 bits per heavy atom. The highest BCUT2D eigenvalue weighted by Gasteiger charge is 2.10. The van der Waals surface area contributed by atoms with E-state index in [-0.39, 0.29) is 11.7 Å². The number of rotatable bonds is 6. The molecule has 1 aromatic heterocycles. The number of hydrogen-bond donors (Lipinski definition) is 0. The number of nitro groups is 1. The minimum absolute atomic E-state index is 0.00505. The van der Waals surface area contributed by atoms with Crippen molar-refractivity contribution in [1.82, 2.24) is 14.8 Å². The number of ether oxygens (including phenoxy) is 1. The van der Waals surface area contributed by atoms with Gasteiger partial charge in [-0.05, 0) is 6.42 Å². The molecule has 1 aromatic carbocycles. The van der Waals surface area contributed by atoms with Gasteiger partial charge in [0.25, 0.3) is 5.69 Å². The number of benzene rings is 1. The summed E-state index contributed by atoms with van der Waals surface area (Å²) in [5.41, 5.74) is 0.574. The fraction of sp³-hybridized carbons (Fsp3) is 0.308. The summed E-state index contributed by atoms with van der Waals surface area (Å²) in [7, 11) is 1.35. The Bertz CT molecular complexity index is 653. The van der Waals surface area contributed by atoms with Gasteiger partial charge in [0.2, 0.25) is 0 Å². The van der Waals surface area contributed by atoms with Crippen LogP contribution in [-0.4, -0.2) is 32.8 Å². The van der Waals surface area contributed by atoms with Crippen LogP contribution in [0.5, 0.6) is 0 Å². The summed E-state index contributed by atoms with van der Waals surface area (Å²) in [6.07, 6.45) is 2.43. The molecule has 0 bridgehead atoms. The highest BCUT2D eigenvalue weighted by molar-refractivity contribution is 5.68. The zero-order valence-corrected chi connectivity index (χ0v) is 11.4. The van der Waals surface area contributed by atoms with Crippen molar-refractivity contribution in [1.29, 1.82) is 0 Å². The van der Waals surface area contributed by atoms with Gasteiger partial charge in [0.1, 0.15) is 6.33 Å². The molecule has 0 saturated heterocycles. The smallest absolute Gasteiger partial charge is 0.305 e. The molecule has 21 heavy (non-hydrogen) atoms. The van der Waals surface area contributed by atoms with Crippen molar-refractivity contribution in [2.45, 2.75) is 19.4 Å². The van der Waals surface area contributed by atoms with Crippen molar-refractivity contribution in [3.63, 3.8) is 0 Å². The number of esters is 1. The van der Waals surface area contributed by atoms with Crippen molar-refractivity contribution in [3.05, 3.63) is 40.7 Å². The first-order valence-corrected chi connectivity index (χ1v) is 6.31. The summed E-state index contributed by atoms with van der Waals surface area (Å²) in [6.45, 7) is 0.525. The van der Waals surface area contributed by atoms with E-state index in [2.05, 4.69) is 14.8 Å². The van der Waals surface area contributed by atoms with Gasteiger partial charge in [0.15, 0.2) is 5.82 Å². The van der Waals surface area contributed by atoms with Gasteiger partial charge in [0, 0.05) is 30.7 Å². The number of carbonyl (C=O) groups excluding carboxylic acids is 1. The monoisotopic (exact) mass is 290 g/mol. The Morgan fingerprint density at radius 1 is 1.48 bits per heavy atom. The van der Waals surface area contributed by atoms with E-state index in [1.807, 2.05) is 0 Å². The van der Waals surface area contributed by atoms with E-state index < -0.39 is 4.92 Å². The molecule has 0 aliphatic rings. The Balaban J connectivity index is 2.04.